The van der Waals surface area contributed by atoms with Gasteiger partial charge in [0.15, 0.2) is 23.0 Å². The topological polar surface area (TPSA) is 195 Å². The number of nitrogens with two attached hydrogens (primary N) is 2. The molecule has 4 aromatic carbocycles. The number of guanidine groups is 2. The molecule has 4 spiro atoms. The summed E-state index contributed by atoms with van der Waals surface area (Å²) >= 11 is 3.47. The van der Waals surface area contributed by atoms with Crippen molar-refractivity contribution in [2.24, 2.45) is 21.5 Å². The van der Waals surface area contributed by atoms with E-state index in [9.17, 15) is 27.2 Å². The molecule has 6 aliphatic heterocycles. The zero-order chi connectivity index (χ0) is 45.8. The molecule has 2 amide bonds. The molecular weight excluding hydrogens is 907 g/mol. The Kier molecular flexibility index (Phi) is 12.0. The van der Waals surface area contributed by atoms with Gasteiger partial charge in [-0.2, -0.15) is 0 Å². The molecular formula is C44H44BBrF4N6O8. The van der Waals surface area contributed by atoms with Crippen LogP contribution in [0.25, 0.3) is 11.1 Å². The predicted molar refractivity (Wildman–Crippen MR) is 230 cm³/mol. The van der Waals surface area contributed by atoms with Crippen LogP contribution in [0.5, 0.6) is 11.5 Å². The van der Waals surface area contributed by atoms with E-state index < -0.39 is 52.7 Å². The Morgan fingerprint density at radius 1 is 0.656 bits per heavy atom. The van der Waals surface area contributed by atoms with E-state index in [0.29, 0.717) is 60.5 Å². The van der Waals surface area contributed by atoms with Crippen LogP contribution in [-0.2, 0) is 30.1 Å². The normalized spacial score (nSPS) is 26.6. The van der Waals surface area contributed by atoms with Crippen molar-refractivity contribution < 1.29 is 56.1 Å². The molecule has 4 aromatic rings. The summed E-state index contributed by atoms with van der Waals surface area (Å²) in [6.45, 7) is 2.20. The number of rotatable bonds is 2. The first kappa shape index (κ1) is 45.0. The number of benzene rings is 4. The lowest BCUT2D eigenvalue weighted by Crippen LogP contribution is -2.55. The maximum absolute atomic E-state index is 13.8. The third kappa shape index (κ3) is 8.32. The summed E-state index contributed by atoms with van der Waals surface area (Å²) in [5.41, 5.74) is 10.5. The minimum absolute atomic E-state index is 0.109. The Labute approximate surface area is 374 Å². The number of hydrogen-bond acceptors (Lipinski definition) is 12. The molecule has 336 valence electrons. The van der Waals surface area contributed by atoms with Crippen LogP contribution in [0.3, 0.4) is 0 Å². The number of amides is 2. The van der Waals surface area contributed by atoms with E-state index in [-0.39, 0.29) is 35.6 Å². The first-order chi connectivity index (χ1) is 30.4. The molecule has 0 aliphatic carbocycles. The van der Waals surface area contributed by atoms with E-state index in [1.54, 1.807) is 32.3 Å². The number of fused-ring (bicyclic) bond motifs is 4. The molecule has 2 fully saturated rings. The average molecular weight is 952 g/mol. The highest BCUT2D eigenvalue weighted by Crippen LogP contribution is 2.53. The van der Waals surface area contributed by atoms with Crippen molar-refractivity contribution >= 4 is 52.2 Å². The number of hydrogen-bond donors (Lipinski definition) is 4. The van der Waals surface area contributed by atoms with Gasteiger partial charge in [-0.15, -0.1) is 0 Å². The standard InChI is InChI=1S/C22H21F2N3O3.C16H18BrN3O3.C6H5BF2O2/c1-27-19(28)22(26-20(27)25)11-21(5-2-6-29-12-21)30-18-4-3-13(9-17(18)22)14-7-15(23)10-16(24)8-14;1-20-13(21)16(19-14(20)18)8-15(5-2-6-22-9-15)23-12-4-3-10(17)7-11(12)16;8-5-1-4(7(10)11)2-6(9)3-5/h3-4,7-10H,2,5-6,11-12H2,1H3,(H2,25,26);3-4,7H,2,5-6,8-9H2,1H3,(H2,18,19);1-3,10-11H. The zero-order valence-corrected chi connectivity index (χ0v) is 36.3. The van der Waals surface area contributed by atoms with Crippen molar-refractivity contribution in [1.82, 2.24) is 9.80 Å². The van der Waals surface area contributed by atoms with Gasteiger partial charge in [-0.25, -0.2) is 27.5 Å². The SMILES string of the molecule is CN1C(=O)C2(CC3(CCCOC3)Oc3ccc(-c4cc(F)cc(F)c4)cc32)N=C1N.CN1C(=O)C2(CC3(CCCOC3)Oc3ccc(Br)cc32)N=C1N.OB(O)c1cc(F)cc(F)c1. The van der Waals surface area contributed by atoms with Crippen LogP contribution < -0.4 is 26.4 Å². The number of carbonyl (C=O) groups excluding carboxylic acids is 2. The van der Waals surface area contributed by atoms with Crippen molar-refractivity contribution in [2.45, 2.75) is 60.8 Å². The quantitative estimate of drug-likeness (QED) is 0.166. The second-order valence-electron chi connectivity index (χ2n) is 16.7. The fourth-order valence-electron chi connectivity index (χ4n) is 9.22. The number of aliphatic imine (C=N–C) groups is 2. The molecule has 0 radical (unpaired) electrons. The maximum Gasteiger partial charge on any atom is 0.488 e. The lowest BCUT2D eigenvalue weighted by molar-refractivity contribution is -0.139. The lowest BCUT2D eigenvalue weighted by atomic mass is 9.74. The van der Waals surface area contributed by atoms with Crippen molar-refractivity contribution in [3.63, 3.8) is 0 Å². The van der Waals surface area contributed by atoms with Crippen molar-refractivity contribution in [3.8, 4) is 22.6 Å². The summed E-state index contributed by atoms with van der Waals surface area (Å²) in [6, 6.07) is 16.5. The highest BCUT2D eigenvalue weighted by atomic mass is 79.9. The van der Waals surface area contributed by atoms with Crippen molar-refractivity contribution in [1.29, 1.82) is 0 Å². The Morgan fingerprint density at radius 2 is 1.11 bits per heavy atom. The molecule has 64 heavy (non-hydrogen) atoms. The van der Waals surface area contributed by atoms with E-state index >= 15 is 0 Å². The molecule has 10 rings (SSSR count). The molecule has 0 bridgehead atoms. The monoisotopic (exact) mass is 950 g/mol. The Hall–Kier alpha value is -5.54. The van der Waals surface area contributed by atoms with Gasteiger partial charge in [-0.05, 0) is 96.9 Å². The van der Waals surface area contributed by atoms with E-state index in [2.05, 4.69) is 25.9 Å². The van der Waals surface area contributed by atoms with Crippen molar-refractivity contribution in [3.05, 3.63) is 112 Å². The summed E-state index contributed by atoms with van der Waals surface area (Å²) in [5, 5.41) is 17.0. The zero-order valence-electron chi connectivity index (χ0n) is 34.8. The number of likely N-dealkylation sites (N-methyl/N-ethyl adjacent to an activating group) is 2. The highest BCUT2D eigenvalue weighted by molar-refractivity contribution is 9.10. The van der Waals surface area contributed by atoms with Gasteiger partial charge in [-0.1, -0.05) is 22.0 Å². The van der Waals surface area contributed by atoms with Crippen LogP contribution in [0.1, 0.15) is 49.7 Å². The van der Waals surface area contributed by atoms with Crippen LogP contribution in [0.4, 0.5) is 17.6 Å². The number of carbonyl (C=O) groups is 2. The second-order valence-corrected chi connectivity index (χ2v) is 17.6. The summed E-state index contributed by atoms with van der Waals surface area (Å²) in [5.74, 6) is -1.80. The average Bonchev–Trinajstić information content (AvgIpc) is 3.59. The molecule has 14 nitrogen and oxygen atoms in total. The largest absolute Gasteiger partial charge is 0.488 e. The van der Waals surface area contributed by atoms with Gasteiger partial charge in [0.1, 0.15) is 46.0 Å². The van der Waals surface area contributed by atoms with Gasteiger partial charge in [0.25, 0.3) is 11.8 Å². The van der Waals surface area contributed by atoms with E-state index in [1.807, 2.05) is 18.2 Å². The van der Waals surface area contributed by atoms with Crippen LogP contribution in [0, 0.1) is 23.3 Å². The summed E-state index contributed by atoms with van der Waals surface area (Å²) < 4.78 is 77.1. The van der Waals surface area contributed by atoms with Crippen molar-refractivity contribution in [2.75, 3.05) is 40.5 Å². The smallest absolute Gasteiger partial charge is 0.484 e. The Balaban J connectivity index is 0.000000145. The third-order valence-corrected chi connectivity index (χ3v) is 12.7. The summed E-state index contributed by atoms with van der Waals surface area (Å²) in [6.07, 6.45) is 4.04. The first-order valence-electron chi connectivity index (χ1n) is 20.4. The molecule has 0 saturated carbocycles. The third-order valence-electron chi connectivity index (χ3n) is 12.2. The van der Waals surface area contributed by atoms with E-state index in [1.165, 1.54) is 21.9 Å². The number of halogens is 5. The van der Waals surface area contributed by atoms with E-state index in [4.69, 9.17) is 40.5 Å². The van der Waals surface area contributed by atoms with Crippen LogP contribution in [-0.4, -0.2) is 102 Å². The first-order valence-corrected chi connectivity index (χ1v) is 21.2. The highest BCUT2D eigenvalue weighted by Gasteiger charge is 2.60. The predicted octanol–water partition coefficient (Wildman–Crippen LogP) is 4.35. The van der Waals surface area contributed by atoms with Gasteiger partial charge in [0.2, 0.25) is 0 Å². The molecule has 6 aliphatic rings. The lowest BCUT2D eigenvalue weighted by Gasteiger charge is -2.46. The minimum Gasteiger partial charge on any atom is -0.484 e. The number of ether oxygens (including phenoxy) is 4. The molecule has 4 unspecified atom stereocenters. The fourth-order valence-corrected chi connectivity index (χ4v) is 9.58. The molecule has 2 saturated heterocycles. The molecule has 6 heterocycles. The summed E-state index contributed by atoms with van der Waals surface area (Å²) in [7, 11) is 1.41. The Morgan fingerprint density at radius 3 is 1.53 bits per heavy atom. The van der Waals surface area contributed by atoms with Crippen LogP contribution in [0.15, 0.2) is 87.3 Å². The molecule has 4 atom stereocenters. The van der Waals surface area contributed by atoms with Crippen LogP contribution in [0.2, 0.25) is 0 Å². The molecule has 0 aromatic heterocycles. The molecule has 20 heteroatoms. The maximum atomic E-state index is 13.8. The van der Waals surface area contributed by atoms with Gasteiger partial charge >= 0.3 is 7.12 Å². The Bertz CT molecular complexity index is 2540. The fraction of sp³-hybridized carbons (Fsp3) is 0.364. The number of nitrogens with zero attached hydrogens (tertiary/aromatic N) is 4. The molecule has 6 N–H and O–H groups in total. The van der Waals surface area contributed by atoms with Gasteiger partial charge in [0.05, 0.1) is 13.2 Å². The summed E-state index contributed by atoms with van der Waals surface area (Å²) in [4.78, 5) is 38.3. The minimum atomic E-state index is -1.83. The van der Waals surface area contributed by atoms with Gasteiger partial charge < -0.3 is 40.5 Å². The van der Waals surface area contributed by atoms with Crippen LogP contribution >= 0.6 is 15.9 Å². The second kappa shape index (κ2) is 17.1. The van der Waals surface area contributed by atoms with Gasteiger partial charge in [-0.3, -0.25) is 19.4 Å². The van der Waals surface area contributed by atoms with Gasteiger partial charge in [0, 0.05) is 67.9 Å². The van der Waals surface area contributed by atoms with E-state index in [0.717, 1.165) is 60.5 Å².